The zero-order valence-electron chi connectivity index (χ0n) is 19.8. The highest BCUT2D eigenvalue weighted by Crippen LogP contribution is 2.18. The van der Waals surface area contributed by atoms with Crippen molar-refractivity contribution in [3.8, 4) is 0 Å². The summed E-state index contributed by atoms with van der Waals surface area (Å²) in [5, 5.41) is 0. The van der Waals surface area contributed by atoms with Gasteiger partial charge in [0.2, 0.25) is 0 Å². The van der Waals surface area contributed by atoms with E-state index in [4.69, 9.17) is 0 Å². The SMILES string of the molecule is C=CN=C(C)N1CCN(Cc2ccc(C)c(C(=O)N3CCN(C(=C)N=CC)CC3)c2)CC1. The summed E-state index contributed by atoms with van der Waals surface area (Å²) in [5.74, 6) is 1.91. The standard InChI is InChI=1S/C25H36N6O/c1-6-26-21(4)29-12-10-28(11-13-29)19-23-9-8-20(3)24(18-23)25(32)31-16-14-30(15-17-31)22(5)27-7-2/h6-9,18H,1,5,10-17,19H2,2-4H3. The third-order valence-electron chi connectivity index (χ3n) is 6.26. The highest BCUT2D eigenvalue weighted by molar-refractivity contribution is 5.96. The minimum absolute atomic E-state index is 0.120. The predicted octanol–water partition coefficient (Wildman–Crippen LogP) is 2.99. The Kier molecular flexibility index (Phi) is 8.22. The van der Waals surface area contributed by atoms with Crippen LogP contribution in [0, 0.1) is 6.92 Å². The molecule has 7 nitrogen and oxygen atoms in total. The van der Waals surface area contributed by atoms with Crippen molar-refractivity contribution >= 4 is 18.0 Å². The van der Waals surface area contributed by atoms with Gasteiger partial charge in [-0.05, 0) is 38.0 Å². The Labute approximate surface area is 192 Å². The second kappa shape index (κ2) is 11.1. The van der Waals surface area contributed by atoms with Crippen LogP contribution in [0.15, 0.2) is 53.4 Å². The summed E-state index contributed by atoms with van der Waals surface area (Å²) in [6, 6.07) is 6.31. The molecular formula is C25H36N6O. The largest absolute Gasteiger partial charge is 0.358 e. The van der Waals surface area contributed by atoms with E-state index in [-0.39, 0.29) is 5.91 Å². The van der Waals surface area contributed by atoms with Crippen molar-refractivity contribution in [2.24, 2.45) is 9.98 Å². The molecule has 172 valence electrons. The van der Waals surface area contributed by atoms with Crippen LogP contribution in [0.3, 0.4) is 0 Å². The molecule has 7 heteroatoms. The number of amidine groups is 1. The molecule has 1 amide bonds. The zero-order chi connectivity index (χ0) is 23.1. The van der Waals surface area contributed by atoms with Gasteiger partial charge in [-0.25, -0.2) is 9.98 Å². The number of hydrogen-bond acceptors (Lipinski definition) is 5. The monoisotopic (exact) mass is 436 g/mol. The Hall–Kier alpha value is -2.93. The van der Waals surface area contributed by atoms with Gasteiger partial charge >= 0.3 is 0 Å². The molecular weight excluding hydrogens is 400 g/mol. The van der Waals surface area contributed by atoms with E-state index >= 15 is 0 Å². The van der Waals surface area contributed by atoms with Crippen LogP contribution >= 0.6 is 0 Å². The number of amides is 1. The summed E-state index contributed by atoms with van der Waals surface area (Å²) in [7, 11) is 0. The fourth-order valence-electron chi connectivity index (χ4n) is 4.27. The molecule has 0 atom stereocenters. The molecule has 2 aliphatic heterocycles. The summed E-state index contributed by atoms with van der Waals surface area (Å²) in [6.07, 6.45) is 3.35. The number of nitrogens with zero attached hydrogens (tertiary/aromatic N) is 6. The summed E-state index contributed by atoms with van der Waals surface area (Å²) >= 11 is 0. The minimum atomic E-state index is 0.120. The van der Waals surface area contributed by atoms with Crippen LogP contribution in [-0.4, -0.2) is 89.9 Å². The quantitative estimate of drug-likeness (QED) is 0.508. The molecule has 2 aliphatic rings. The predicted molar refractivity (Wildman–Crippen MR) is 132 cm³/mol. The first-order valence-corrected chi connectivity index (χ1v) is 11.4. The van der Waals surface area contributed by atoms with Gasteiger partial charge in [0.05, 0.1) is 0 Å². The molecule has 32 heavy (non-hydrogen) atoms. The van der Waals surface area contributed by atoms with Gasteiger partial charge in [0.1, 0.15) is 11.7 Å². The first-order valence-electron chi connectivity index (χ1n) is 11.4. The molecule has 0 N–H and O–H groups in total. The van der Waals surface area contributed by atoms with Crippen LogP contribution in [0.1, 0.15) is 35.3 Å². The third-order valence-corrected chi connectivity index (χ3v) is 6.26. The second-order valence-electron chi connectivity index (χ2n) is 8.35. The first-order chi connectivity index (χ1) is 15.4. The molecule has 3 rings (SSSR count). The van der Waals surface area contributed by atoms with Gasteiger partial charge in [0.15, 0.2) is 0 Å². The highest BCUT2D eigenvalue weighted by Gasteiger charge is 2.24. The summed E-state index contributed by atoms with van der Waals surface area (Å²) in [6.45, 7) is 21.3. The van der Waals surface area contributed by atoms with Crippen LogP contribution in [0.25, 0.3) is 0 Å². The van der Waals surface area contributed by atoms with E-state index in [2.05, 4.69) is 56.0 Å². The highest BCUT2D eigenvalue weighted by atomic mass is 16.2. The van der Waals surface area contributed by atoms with Crippen LogP contribution in [0.4, 0.5) is 0 Å². The number of piperazine rings is 2. The number of aliphatic imine (C=N–C) groups is 2. The van der Waals surface area contributed by atoms with E-state index in [9.17, 15) is 4.79 Å². The van der Waals surface area contributed by atoms with Gasteiger partial charge in [-0.15, -0.1) is 0 Å². The van der Waals surface area contributed by atoms with Crippen molar-refractivity contribution < 1.29 is 4.79 Å². The minimum Gasteiger partial charge on any atom is -0.358 e. The Morgan fingerprint density at radius 1 is 1.03 bits per heavy atom. The topological polar surface area (TPSA) is 54.8 Å². The number of rotatable bonds is 6. The van der Waals surface area contributed by atoms with Gasteiger partial charge in [-0.1, -0.05) is 25.3 Å². The van der Waals surface area contributed by atoms with Gasteiger partial charge in [-0.3, -0.25) is 9.69 Å². The molecule has 0 spiro atoms. The van der Waals surface area contributed by atoms with Crippen molar-refractivity contribution in [1.29, 1.82) is 0 Å². The summed E-state index contributed by atoms with van der Waals surface area (Å²) < 4.78 is 0. The van der Waals surface area contributed by atoms with Crippen molar-refractivity contribution in [2.45, 2.75) is 27.3 Å². The van der Waals surface area contributed by atoms with E-state index in [0.717, 1.165) is 68.6 Å². The number of benzene rings is 1. The van der Waals surface area contributed by atoms with Crippen molar-refractivity contribution in [3.63, 3.8) is 0 Å². The van der Waals surface area contributed by atoms with Gasteiger partial charge in [0.25, 0.3) is 5.91 Å². The summed E-state index contributed by atoms with van der Waals surface area (Å²) in [5.41, 5.74) is 3.03. The van der Waals surface area contributed by atoms with E-state index in [1.165, 1.54) is 5.56 Å². The molecule has 0 aliphatic carbocycles. The van der Waals surface area contributed by atoms with Crippen LogP contribution in [0.5, 0.6) is 0 Å². The second-order valence-corrected chi connectivity index (χ2v) is 8.35. The average molecular weight is 437 g/mol. The number of aryl methyl sites for hydroxylation is 1. The van der Waals surface area contributed by atoms with E-state index < -0.39 is 0 Å². The maximum Gasteiger partial charge on any atom is 0.254 e. The molecule has 0 radical (unpaired) electrons. The molecule has 0 aromatic heterocycles. The molecule has 0 bridgehead atoms. The average Bonchev–Trinajstić information content (AvgIpc) is 2.81. The number of carbonyl (C=O) groups excluding carboxylic acids is 1. The molecule has 0 saturated carbocycles. The van der Waals surface area contributed by atoms with Crippen LogP contribution in [0.2, 0.25) is 0 Å². The molecule has 2 heterocycles. The molecule has 2 fully saturated rings. The Morgan fingerprint density at radius 3 is 2.28 bits per heavy atom. The van der Waals surface area contributed by atoms with Crippen molar-refractivity contribution in [3.05, 3.63) is 60.1 Å². The Balaban J connectivity index is 1.59. The van der Waals surface area contributed by atoms with Crippen molar-refractivity contribution in [2.75, 3.05) is 52.4 Å². The lowest BCUT2D eigenvalue weighted by Crippen LogP contribution is -2.48. The van der Waals surface area contributed by atoms with E-state index in [1.807, 2.05) is 25.7 Å². The van der Waals surface area contributed by atoms with Gasteiger partial charge in [-0.2, -0.15) is 0 Å². The first kappa shape index (κ1) is 23.7. The third kappa shape index (κ3) is 5.85. The maximum atomic E-state index is 13.3. The maximum absolute atomic E-state index is 13.3. The van der Waals surface area contributed by atoms with E-state index in [0.29, 0.717) is 13.1 Å². The van der Waals surface area contributed by atoms with Crippen molar-refractivity contribution in [1.82, 2.24) is 19.6 Å². The molecule has 0 unspecified atom stereocenters. The van der Waals surface area contributed by atoms with Gasteiger partial charge in [0, 0.05) is 76.9 Å². The fourth-order valence-corrected chi connectivity index (χ4v) is 4.27. The lowest BCUT2D eigenvalue weighted by molar-refractivity contribution is 0.0668. The summed E-state index contributed by atoms with van der Waals surface area (Å²) in [4.78, 5) is 30.6. The Morgan fingerprint density at radius 2 is 1.66 bits per heavy atom. The number of carbonyl (C=O) groups is 1. The fraction of sp³-hybridized carbons (Fsp3) is 0.480. The Bertz CT molecular complexity index is 890. The van der Waals surface area contributed by atoms with Gasteiger partial charge < -0.3 is 14.7 Å². The molecule has 1 aromatic rings. The van der Waals surface area contributed by atoms with E-state index in [1.54, 1.807) is 12.4 Å². The van der Waals surface area contributed by atoms with Crippen LogP contribution in [-0.2, 0) is 6.54 Å². The molecule has 2 saturated heterocycles. The number of hydrogen-bond donors (Lipinski definition) is 0. The normalized spacial score (nSPS) is 18.3. The lowest BCUT2D eigenvalue weighted by atomic mass is 10.0. The lowest BCUT2D eigenvalue weighted by Gasteiger charge is -2.36. The smallest absolute Gasteiger partial charge is 0.254 e. The molecule has 1 aromatic carbocycles. The zero-order valence-corrected chi connectivity index (χ0v) is 19.8. The van der Waals surface area contributed by atoms with Crippen LogP contribution < -0.4 is 0 Å².